The molecule has 2 heterocycles. The summed E-state index contributed by atoms with van der Waals surface area (Å²) in [5.74, 6) is -0.0487. The normalized spacial score (nSPS) is 20.7. The summed E-state index contributed by atoms with van der Waals surface area (Å²) in [5.41, 5.74) is 1.88. The highest BCUT2D eigenvalue weighted by atomic mass is 79.9. The van der Waals surface area contributed by atoms with Crippen LogP contribution in [0.2, 0.25) is 0 Å². The van der Waals surface area contributed by atoms with Crippen LogP contribution in [-0.4, -0.2) is 30.0 Å². The molecule has 2 aliphatic heterocycles. The number of carbonyl (C=O) groups excluding carboxylic acids is 3. The van der Waals surface area contributed by atoms with Crippen LogP contribution in [0.4, 0.5) is 10.5 Å². The first-order valence-corrected chi connectivity index (χ1v) is 8.45. The van der Waals surface area contributed by atoms with Crippen molar-refractivity contribution in [2.45, 2.75) is 12.8 Å². The van der Waals surface area contributed by atoms with Crippen molar-refractivity contribution >= 4 is 56.4 Å². The van der Waals surface area contributed by atoms with Gasteiger partial charge in [-0.2, -0.15) is 0 Å². The number of Topliss-reactive ketones (excluding diaryl/α,β-unsaturated/α-hetero) is 1. The van der Waals surface area contributed by atoms with Crippen molar-refractivity contribution in [1.82, 2.24) is 5.32 Å². The van der Waals surface area contributed by atoms with Gasteiger partial charge >= 0.3 is 0 Å². The lowest BCUT2D eigenvalue weighted by Gasteiger charge is -2.29. The van der Waals surface area contributed by atoms with Gasteiger partial charge in [0, 0.05) is 30.4 Å². The second-order valence-corrected chi connectivity index (χ2v) is 6.96. The van der Waals surface area contributed by atoms with Gasteiger partial charge in [0.1, 0.15) is 5.78 Å². The van der Waals surface area contributed by atoms with E-state index in [1.807, 2.05) is 18.2 Å². The molecule has 114 valence electrons. The van der Waals surface area contributed by atoms with Crippen LogP contribution in [-0.2, 0) is 9.59 Å². The van der Waals surface area contributed by atoms with Gasteiger partial charge in [-0.3, -0.25) is 19.7 Å². The number of anilines is 1. The average Bonchev–Trinajstić information content (AvgIpc) is 2.78. The third-order valence-corrected chi connectivity index (χ3v) is 5.02. The molecule has 22 heavy (non-hydrogen) atoms. The third-order valence-electron chi connectivity index (χ3n) is 3.57. The highest BCUT2D eigenvalue weighted by Crippen LogP contribution is 2.31. The minimum atomic E-state index is -0.357. The van der Waals surface area contributed by atoms with Crippen LogP contribution in [0.15, 0.2) is 27.6 Å². The maximum atomic E-state index is 11.5. The van der Waals surface area contributed by atoms with Crippen molar-refractivity contribution in [3.63, 3.8) is 0 Å². The van der Waals surface area contributed by atoms with Crippen molar-refractivity contribution in [3.8, 4) is 0 Å². The fourth-order valence-electron chi connectivity index (χ4n) is 2.44. The fraction of sp³-hybridized carbons (Fsp3) is 0.267. The number of nitrogens with one attached hydrogen (secondary N) is 1. The molecule has 2 amide bonds. The molecular formula is C15H13BrN2O3S. The zero-order valence-electron chi connectivity index (χ0n) is 11.6. The summed E-state index contributed by atoms with van der Waals surface area (Å²) in [7, 11) is 0. The number of thioether (sulfide) groups is 1. The lowest BCUT2D eigenvalue weighted by Crippen LogP contribution is -2.33. The highest BCUT2D eigenvalue weighted by Gasteiger charge is 2.25. The van der Waals surface area contributed by atoms with Gasteiger partial charge in [-0.25, -0.2) is 0 Å². The predicted molar refractivity (Wildman–Crippen MR) is 89.7 cm³/mol. The molecule has 0 saturated carbocycles. The van der Waals surface area contributed by atoms with E-state index in [1.54, 1.807) is 6.08 Å². The quantitative estimate of drug-likeness (QED) is 0.798. The van der Waals surface area contributed by atoms with E-state index in [0.29, 0.717) is 23.5 Å². The molecular weight excluding hydrogens is 368 g/mol. The molecule has 7 heteroatoms. The van der Waals surface area contributed by atoms with Crippen molar-refractivity contribution in [2.75, 3.05) is 18.0 Å². The minimum Gasteiger partial charge on any atom is -0.370 e. The lowest BCUT2D eigenvalue weighted by molar-refractivity contribution is -0.119. The Hall–Kier alpha value is -1.60. The second kappa shape index (κ2) is 6.26. The highest BCUT2D eigenvalue weighted by molar-refractivity contribution is 9.10. The average molecular weight is 381 g/mol. The minimum absolute atomic E-state index is 0.308. The third kappa shape index (κ3) is 3.25. The lowest BCUT2D eigenvalue weighted by atomic mass is 10.1. The van der Waals surface area contributed by atoms with E-state index < -0.39 is 0 Å². The van der Waals surface area contributed by atoms with Gasteiger partial charge in [0.15, 0.2) is 0 Å². The first-order chi connectivity index (χ1) is 10.5. The molecule has 0 spiro atoms. The van der Waals surface area contributed by atoms with Gasteiger partial charge in [0.2, 0.25) is 0 Å². The zero-order chi connectivity index (χ0) is 15.7. The van der Waals surface area contributed by atoms with Crippen LogP contribution >= 0.6 is 27.7 Å². The van der Waals surface area contributed by atoms with Crippen LogP contribution in [0.1, 0.15) is 18.4 Å². The number of nitrogens with zero attached hydrogens (tertiary/aromatic N) is 1. The molecule has 5 nitrogen and oxygen atoms in total. The Morgan fingerprint density at radius 2 is 1.91 bits per heavy atom. The van der Waals surface area contributed by atoms with Crippen LogP contribution in [0.3, 0.4) is 0 Å². The number of hydrogen-bond acceptors (Lipinski definition) is 5. The monoisotopic (exact) mass is 380 g/mol. The Bertz CT molecular complexity index is 692. The van der Waals surface area contributed by atoms with Crippen molar-refractivity contribution in [3.05, 3.63) is 33.1 Å². The van der Waals surface area contributed by atoms with Gasteiger partial charge < -0.3 is 4.90 Å². The molecule has 1 aromatic rings. The SMILES string of the molecule is O=C1CCN(c2ccc(C=C3SC(=O)NC3=O)cc2Br)CC1. The molecule has 0 radical (unpaired) electrons. The van der Waals surface area contributed by atoms with E-state index in [4.69, 9.17) is 0 Å². The van der Waals surface area contributed by atoms with E-state index in [1.165, 1.54) is 0 Å². The summed E-state index contributed by atoms with van der Waals surface area (Å²) >= 11 is 4.45. The fourth-order valence-corrected chi connectivity index (χ4v) is 3.77. The summed E-state index contributed by atoms with van der Waals surface area (Å²) in [4.78, 5) is 36.6. The Morgan fingerprint density at radius 3 is 2.50 bits per heavy atom. The number of imide groups is 1. The Balaban J connectivity index is 1.80. The molecule has 0 unspecified atom stereocenters. The number of halogens is 1. The molecule has 0 aliphatic carbocycles. The number of hydrogen-bond donors (Lipinski definition) is 1. The van der Waals surface area contributed by atoms with Gasteiger partial charge in [-0.05, 0) is 51.5 Å². The van der Waals surface area contributed by atoms with Gasteiger partial charge in [-0.1, -0.05) is 6.07 Å². The first kappa shape index (κ1) is 15.3. The first-order valence-electron chi connectivity index (χ1n) is 6.84. The zero-order valence-corrected chi connectivity index (χ0v) is 14.0. The Kier molecular flexibility index (Phi) is 4.35. The molecule has 0 bridgehead atoms. The predicted octanol–water partition coefficient (Wildman–Crippen LogP) is 2.94. The van der Waals surface area contributed by atoms with Gasteiger partial charge in [0.05, 0.1) is 10.6 Å². The molecule has 1 N–H and O–H groups in total. The maximum Gasteiger partial charge on any atom is 0.290 e. The summed E-state index contributed by atoms with van der Waals surface area (Å²) in [6.07, 6.45) is 2.85. The number of benzene rings is 1. The summed E-state index contributed by atoms with van der Waals surface area (Å²) < 4.78 is 0.908. The Labute approximate surface area is 140 Å². The topological polar surface area (TPSA) is 66.5 Å². The molecule has 2 aliphatic rings. The summed E-state index contributed by atoms with van der Waals surface area (Å²) in [6, 6.07) is 5.78. The molecule has 0 aromatic heterocycles. The molecule has 2 saturated heterocycles. The standard InChI is InChI=1S/C15H13BrN2O3S/c16-11-7-9(8-13-14(20)17-15(21)22-13)1-2-12(11)18-5-3-10(19)4-6-18/h1-2,7-8H,3-6H2,(H,17,20,21). The molecule has 0 atom stereocenters. The molecule has 1 aromatic carbocycles. The van der Waals surface area contributed by atoms with E-state index in [2.05, 4.69) is 26.1 Å². The van der Waals surface area contributed by atoms with Crippen molar-refractivity contribution in [2.24, 2.45) is 0 Å². The van der Waals surface area contributed by atoms with Crippen LogP contribution < -0.4 is 10.2 Å². The van der Waals surface area contributed by atoms with E-state index in [0.717, 1.165) is 40.6 Å². The Morgan fingerprint density at radius 1 is 1.18 bits per heavy atom. The molecule has 2 fully saturated rings. The van der Waals surface area contributed by atoms with Crippen LogP contribution in [0.5, 0.6) is 0 Å². The number of rotatable bonds is 2. The largest absolute Gasteiger partial charge is 0.370 e. The van der Waals surface area contributed by atoms with E-state index in [9.17, 15) is 14.4 Å². The van der Waals surface area contributed by atoms with Crippen molar-refractivity contribution < 1.29 is 14.4 Å². The smallest absolute Gasteiger partial charge is 0.290 e. The number of piperidine rings is 1. The molecule has 3 rings (SSSR count). The number of carbonyl (C=O) groups is 3. The second-order valence-electron chi connectivity index (χ2n) is 5.09. The van der Waals surface area contributed by atoms with Gasteiger partial charge in [0.25, 0.3) is 11.1 Å². The maximum absolute atomic E-state index is 11.5. The number of amides is 2. The van der Waals surface area contributed by atoms with E-state index >= 15 is 0 Å². The summed E-state index contributed by atoms with van der Waals surface area (Å²) in [5, 5.41) is 1.89. The van der Waals surface area contributed by atoms with Crippen LogP contribution in [0.25, 0.3) is 6.08 Å². The van der Waals surface area contributed by atoms with Crippen molar-refractivity contribution in [1.29, 1.82) is 0 Å². The van der Waals surface area contributed by atoms with E-state index in [-0.39, 0.29) is 11.1 Å². The van der Waals surface area contributed by atoms with Crippen LogP contribution in [0, 0.1) is 0 Å². The van der Waals surface area contributed by atoms with Gasteiger partial charge in [-0.15, -0.1) is 0 Å². The number of ketones is 1. The summed E-state index contributed by atoms with van der Waals surface area (Å²) in [6.45, 7) is 1.45.